The number of amides is 2. The van der Waals surface area contributed by atoms with E-state index in [0.29, 0.717) is 36.0 Å². The second kappa shape index (κ2) is 10.5. The van der Waals surface area contributed by atoms with E-state index in [1.54, 1.807) is 12.4 Å². The third kappa shape index (κ3) is 5.48. The van der Waals surface area contributed by atoms with Gasteiger partial charge in [0.05, 0.1) is 5.56 Å². The molecule has 4 rings (SSSR count). The molecule has 32 heavy (non-hydrogen) atoms. The first-order chi connectivity index (χ1) is 15.6. The van der Waals surface area contributed by atoms with E-state index in [2.05, 4.69) is 15.6 Å². The number of carbonyl (C=O) groups excluding carboxylic acids is 2. The van der Waals surface area contributed by atoms with Crippen molar-refractivity contribution in [1.82, 2.24) is 20.5 Å². The topological polar surface area (TPSA) is 74.3 Å². The summed E-state index contributed by atoms with van der Waals surface area (Å²) in [6.45, 7) is 4.67. The molecule has 2 aromatic rings. The van der Waals surface area contributed by atoms with E-state index in [1.807, 2.05) is 36.1 Å². The summed E-state index contributed by atoms with van der Waals surface area (Å²) in [6, 6.07) is 8.00. The minimum atomic E-state index is 0.0117. The normalized spacial score (nSPS) is 18.2. The molecule has 6 nitrogen and oxygen atoms in total. The van der Waals surface area contributed by atoms with Crippen molar-refractivity contribution in [2.45, 2.75) is 64.1 Å². The van der Waals surface area contributed by atoms with Crippen LogP contribution < -0.4 is 10.6 Å². The van der Waals surface area contributed by atoms with E-state index in [0.717, 1.165) is 55.5 Å². The Hall–Kier alpha value is -2.44. The summed E-state index contributed by atoms with van der Waals surface area (Å²) in [6.07, 6.45) is 8.18. The zero-order chi connectivity index (χ0) is 22.5. The number of hydrogen-bond donors (Lipinski definition) is 2. The molecule has 2 fully saturated rings. The highest BCUT2D eigenvalue weighted by Crippen LogP contribution is 2.33. The second-order valence-corrected chi connectivity index (χ2v) is 9.13. The standard InChI is InChI=1S/C25H31ClN4O2/c1-2-24(31)29-13-17-5-8-23(26)19(12-17)16-30(20-6-7-20)25(32)22-15-28-11-9-21(22)18-4-3-10-27-14-18/h5,8-9,11-12,15,18,20,27H,2-4,6-7,10,13-14,16H2,1H3,(H,29,31). The number of piperidine rings is 1. The van der Waals surface area contributed by atoms with Crippen molar-refractivity contribution in [1.29, 1.82) is 0 Å². The fourth-order valence-electron chi connectivity index (χ4n) is 4.33. The molecule has 1 unspecified atom stereocenters. The molecule has 2 aliphatic rings. The highest BCUT2D eigenvalue weighted by molar-refractivity contribution is 6.31. The van der Waals surface area contributed by atoms with Gasteiger partial charge in [-0.2, -0.15) is 0 Å². The quantitative estimate of drug-likeness (QED) is 0.631. The SMILES string of the molecule is CCC(=O)NCc1ccc(Cl)c(CN(C(=O)c2cnccc2C2CCCNC2)C2CC2)c1. The largest absolute Gasteiger partial charge is 0.352 e. The Balaban J connectivity index is 1.55. The predicted octanol–water partition coefficient (Wildman–Crippen LogP) is 4.03. The summed E-state index contributed by atoms with van der Waals surface area (Å²) in [4.78, 5) is 31.6. The van der Waals surface area contributed by atoms with Gasteiger partial charge in [-0.3, -0.25) is 14.6 Å². The maximum atomic E-state index is 13.7. The molecule has 2 N–H and O–H groups in total. The van der Waals surface area contributed by atoms with E-state index in [1.165, 1.54) is 0 Å². The Morgan fingerprint density at radius 2 is 2.09 bits per heavy atom. The van der Waals surface area contributed by atoms with Crippen molar-refractivity contribution in [3.8, 4) is 0 Å². The fourth-order valence-corrected chi connectivity index (χ4v) is 4.51. The Kier molecular flexibility index (Phi) is 7.43. The van der Waals surface area contributed by atoms with Crippen LogP contribution in [-0.2, 0) is 17.9 Å². The van der Waals surface area contributed by atoms with Crippen molar-refractivity contribution in [3.63, 3.8) is 0 Å². The minimum absolute atomic E-state index is 0.0117. The van der Waals surface area contributed by atoms with Gasteiger partial charge < -0.3 is 15.5 Å². The van der Waals surface area contributed by atoms with Gasteiger partial charge in [0.25, 0.3) is 5.91 Å². The van der Waals surface area contributed by atoms with Crippen molar-refractivity contribution in [3.05, 3.63) is 63.9 Å². The number of nitrogens with one attached hydrogen (secondary N) is 2. The van der Waals surface area contributed by atoms with E-state index < -0.39 is 0 Å². The monoisotopic (exact) mass is 454 g/mol. The van der Waals surface area contributed by atoms with Crippen LogP contribution in [0.25, 0.3) is 0 Å². The molecule has 2 heterocycles. The van der Waals surface area contributed by atoms with Crippen LogP contribution in [0, 0.1) is 0 Å². The average Bonchev–Trinajstić information content (AvgIpc) is 3.68. The van der Waals surface area contributed by atoms with Crippen LogP contribution in [0.2, 0.25) is 5.02 Å². The first-order valence-corrected chi connectivity index (χ1v) is 11.9. The molecule has 1 atom stereocenters. The van der Waals surface area contributed by atoms with Crippen molar-refractivity contribution >= 4 is 23.4 Å². The second-order valence-electron chi connectivity index (χ2n) is 8.73. The van der Waals surface area contributed by atoms with E-state index in [4.69, 9.17) is 11.6 Å². The molecule has 0 spiro atoms. The minimum Gasteiger partial charge on any atom is -0.352 e. The molecular weight excluding hydrogens is 424 g/mol. The van der Waals surface area contributed by atoms with Crippen LogP contribution in [0.3, 0.4) is 0 Å². The summed E-state index contributed by atoms with van der Waals surface area (Å²) in [7, 11) is 0. The number of nitrogens with zero attached hydrogens (tertiary/aromatic N) is 2. The zero-order valence-corrected chi connectivity index (χ0v) is 19.3. The lowest BCUT2D eigenvalue weighted by Crippen LogP contribution is -2.35. The molecule has 1 aliphatic heterocycles. The molecular formula is C25H31ClN4O2. The van der Waals surface area contributed by atoms with E-state index >= 15 is 0 Å². The van der Waals surface area contributed by atoms with Gasteiger partial charge in [-0.25, -0.2) is 0 Å². The fraction of sp³-hybridized carbons (Fsp3) is 0.480. The third-order valence-corrected chi connectivity index (χ3v) is 6.70. The highest BCUT2D eigenvalue weighted by atomic mass is 35.5. The van der Waals surface area contributed by atoms with Gasteiger partial charge in [0.1, 0.15) is 0 Å². The number of rotatable bonds is 8. The van der Waals surface area contributed by atoms with Gasteiger partial charge in [-0.05, 0) is 67.0 Å². The van der Waals surface area contributed by atoms with Gasteiger partial charge in [0, 0.05) is 49.5 Å². The zero-order valence-electron chi connectivity index (χ0n) is 18.6. The third-order valence-electron chi connectivity index (χ3n) is 6.33. The summed E-state index contributed by atoms with van der Waals surface area (Å²) in [5.41, 5.74) is 3.67. The molecule has 1 saturated heterocycles. The number of aromatic nitrogens is 1. The van der Waals surface area contributed by atoms with E-state index in [9.17, 15) is 9.59 Å². The number of benzene rings is 1. The Morgan fingerprint density at radius 3 is 2.81 bits per heavy atom. The molecule has 1 aromatic heterocycles. The molecule has 1 saturated carbocycles. The Morgan fingerprint density at radius 1 is 1.25 bits per heavy atom. The first kappa shape index (κ1) is 22.7. The molecule has 7 heteroatoms. The lowest BCUT2D eigenvalue weighted by molar-refractivity contribution is -0.120. The lowest BCUT2D eigenvalue weighted by atomic mass is 9.89. The average molecular weight is 455 g/mol. The number of hydrogen-bond acceptors (Lipinski definition) is 4. The number of halogens is 1. The summed E-state index contributed by atoms with van der Waals surface area (Å²) < 4.78 is 0. The van der Waals surface area contributed by atoms with Gasteiger partial charge in [-0.1, -0.05) is 30.7 Å². The Bertz CT molecular complexity index is 970. The molecule has 2 amide bonds. The Labute approximate surface area is 194 Å². The van der Waals surface area contributed by atoms with Gasteiger partial charge >= 0.3 is 0 Å². The van der Waals surface area contributed by atoms with Crippen LogP contribution in [0.1, 0.15) is 72.0 Å². The van der Waals surface area contributed by atoms with Crippen LogP contribution >= 0.6 is 11.6 Å². The number of pyridine rings is 1. The molecule has 0 bridgehead atoms. The van der Waals surface area contributed by atoms with E-state index in [-0.39, 0.29) is 17.9 Å². The molecule has 1 aromatic carbocycles. The van der Waals surface area contributed by atoms with Crippen LogP contribution in [0.4, 0.5) is 0 Å². The molecule has 170 valence electrons. The maximum absolute atomic E-state index is 13.7. The van der Waals surface area contributed by atoms with Crippen molar-refractivity contribution < 1.29 is 9.59 Å². The van der Waals surface area contributed by atoms with Crippen molar-refractivity contribution in [2.75, 3.05) is 13.1 Å². The first-order valence-electron chi connectivity index (χ1n) is 11.6. The maximum Gasteiger partial charge on any atom is 0.256 e. The molecule has 0 radical (unpaired) electrons. The van der Waals surface area contributed by atoms with Gasteiger partial charge in [0.2, 0.25) is 5.91 Å². The molecule has 1 aliphatic carbocycles. The number of carbonyl (C=O) groups is 2. The highest BCUT2D eigenvalue weighted by Gasteiger charge is 2.35. The smallest absolute Gasteiger partial charge is 0.256 e. The summed E-state index contributed by atoms with van der Waals surface area (Å²) in [5, 5.41) is 6.98. The summed E-state index contributed by atoms with van der Waals surface area (Å²) >= 11 is 6.51. The predicted molar refractivity (Wildman–Crippen MR) is 126 cm³/mol. The van der Waals surface area contributed by atoms with Crippen molar-refractivity contribution in [2.24, 2.45) is 0 Å². The van der Waals surface area contributed by atoms with Gasteiger partial charge in [0.15, 0.2) is 0 Å². The van der Waals surface area contributed by atoms with Crippen LogP contribution in [0.15, 0.2) is 36.7 Å². The van der Waals surface area contributed by atoms with Crippen LogP contribution in [-0.4, -0.2) is 40.8 Å². The lowest BCUT2D eigenvalue weighted by Gasteiger charge is -2.28. The van der Waals surface area contributed by atoms with Crippen LogP contribution in [0.5, 0.6) is 0 Å². The van der Waals surface area contributed by atoms with Gasteiger partial charge in [-0.15, -0.1) is 0 Å². The summed E-state index contributed by atoms with van der Waals surface area (Å²) in [5.74, 6) is 0.375.